The molecule has 0 N–H and O–H groups in total. The first-order valence-electron chi connectivity index (χ1n) is 5.24. The molecule has 1 rings (SSSR count). The van der Waals surface area contributed by atoms with E-state index < -0.39 is 0 Å². The molecule has 0 amide bonds. The second kappa shape index (κ2) is 4.80. The highest BCUT2D eigenvalue weighted by atomic mass is 32.1. The highest BCUT2D eigenvalue weighted by Gasteiger charge is 2.09. The van der Waals surface area contributed by atoms with Crippen molar-refractivity contribution < 1.29 is 0 Å². The molecule has 0 saturated heterocycles. The number of rotatable bonds is 4. The van der Waals surface area contributed by atoms with Crippen molar-refractivity contribution in [3.05, 3.63) is 21.9 Å². The van der Waals surface area contributed by atoms with Crippen LogP contribution in [0.2, 0.25) is 0 Å². The Hall–Kier alpha value is -0.300. The van der Waals surface area contributed by atoms with Crippen LogP contribution in [0.4, 0.5) is 0 Å². The SMILES string of the molecule is CCCC(C)c1ccc(C(C)C)s1. The molecule has 0 aliphatic carbocycles. The Bertz CT molecular complexity index is 247. The Morgan fingerprint density at radius 2 is 1.77 bits per heavy atom. The number of thiophene rings is 1. The maximum absolute atomic E-state index is 2.33. The monoisotopic (exact) mass is 196 g/mol. The zero-order valence-corrected chi connectivity index (χ0v) is 9.95. The van der Waals surface area contributed by atoms with Crippen molar-refractivity contribution in [1.82, 2.24) is 0 Å². The van der Waals surface area contributed by atoms with Crippen molar-refractivity contribution in [3.8, 4) is 0 Å². The molecule has 1 heteroatoms. The van der Waals surface area contributed by atoms with Gasteiger partial charge in [-0.1, -0.05) is 34.1 Å². The van der Waals surface area contributed by atoms with E-state index in [0.29, 0.717) is 5.92 Å². The van der Waals surface area contributed by atoms with Crippen molar-refractivity contribution >= 4 is 11.3 Å². The Labute approximate surface area is 86.0 Å². The smallest absolute Gasteiger partial charge is 0.00764 e. The summed E-state index contributed by atoms with van der Waals surface area (Å²) in [5.74, 6) is 1.44. The molecule has 1 unspecified atom stereocenters. The van der Waals surface area contributed by atoms with Gasteiger partial charge in [-0.3, -0.25) is 0 Å². The van der Waals surface area contributed by atoms with Crippen molar-refractivity contribution in [1.29, 1.82) is 0 Å². The predicted molar refractivity (Wildman–Crippen MR) is 61.7 cm³/mol. The third-order valence-corrected chi connectivity index (χ3v) is 4.04. The van der Waals surface area contributed by atoms with E-state index in [1.54, 1.807) is 4.88 Å². The van der Waals surface area contributed by atoms with Gasteiger partial charge in [-0.2, -0.15) is 0 Å². The minimum absolute atomic E-state index is 0.688. The first-order valence-corrected chi connectivity index (χ1v) is 6.06. The number of hydrogen-bond donors (Lipinski definition) is 0. The molecule has 0 aliphatic heterocycles. The van der Waals surface area contributed by atoms with E-state index in [2.05, 4.69) is 39.8 Å². The van der Waals surface area contributed by atoms with Crippen LogP contribution in [-0.4, -0.2) is 0 Å². The van der Waals surface area contributed by atoms with Crippen molar-refractivity contribution in [3.63, 3.8) is 0 Å². The molecule has 0 saturated carbocycles. The topological polar surface area (TPSA) is 0 Å². The van der Waals surface area contributed by atoms with Crippen LogP contribution in [0.25, 0.3) is 0 Å². The average Bonchev–Trinajstić information content (AvgIpc) is 2.52. The van der Waals surface area contributed by atoms with Crippen LogP contribution in [0.1, 0.15) is 62.1 Å². The highest BCUT2D eigenvalue weighted by molar-refractivity contribution is 7.12. The van der Waals surface area contributed by atoms with Gasteiger partial charge >= 0.3 is 0 Å². The van der Waals surface area contributed by atoms with Crippen LogP contribution in [-0.2, 0) is 0 Å². The molecule has 74 valence electrons. The van der Waals surface area contributed by atoms with Gasteiger partial charge in [0.25, 0.3) is 0 Å². The zero-order chi connectivity index (χ0) is 9.84. The van der Waals surface area contributed by atoms with E-state index in [9.17, 15) is 0 Å². The largest absolute Gasteiger partial charge is 0.145 e. The third-order valence-electron chi connectivity index (χ3n) is 2.42. The standard InChI is InChI=1S/C12H20S/c1-5-6-10(4)12-8-7-11(13-12)9(2)3/h7-10H,5-6H2,1-4H3. The predicted octanol–water partition coefficient (Wildman–Crippen LogP) is 4.78. The summed E-state index contributed by atoms with van der Waals surface area (Å²) < 4.78 is 0. The molecule has 13 heavy (non-hydrogen) atoms. The Kier molecular flexibility index (Phi) is 3.98. The number of hydrogen-bond acceptors (Lipinski definition) is 1. The van der Waals surface area contributed by atoms with E-state index in [1.165, 1.54) is 17.7 Å². The van der Waals surface area contributed by atoms with E-state index in [4.69, 9.17) is 0 Å². The van der Waals surface area contributed by atoms with Crippen LogP contribution >= 0.6 is 11.3 Å². The highest BCUT2D eigenvalue weighted by Crippen LogP contribution is 2.31. The molecule has 0 aliphatic rings. The lowest BCUT2D eigenvalue weighted by Crippen LogP contribution is -1.87. The molecule has 0 spiro atoms. The summed E-state index contributed by atoms with van der Waals surface area (Å²) in [6, 6.07) is 4.59. The average molecular weight is 196 g/mol. The van der Waals surface area contributed by atoms with E-state index in [1.807, 2.05) is 11.3 Å². The third kappa shape index (κ3) is 2.84. The molecule has 1 heterocycles. The van der Waals surface area contributed by atoms with Gasteiger partial charge in [0.05, 0.1) is 0 Å². The summed E-state index contributed by atoms with van der Waals surface area (Å²) in [5, 5.41) is 0. The van der Waals surface area contributed by atoms with Crippen molar-refractivity contribution in [2.75, 3.05) is 0 Å². The van der Waals surface area contributed by atoms with Gasteiger partial charge in [0.15, 0.2) is 0 Å². The summed E-state index contributed by atoms with van der Waals surface area (Å²) in [6.45, 7) is 9.12. The molecule has 0 nitrogen and oxygen atoms in total. The first-order chi connectivity index (χ1) is 6.15. The molecule has 0 fully saturated rings. The fourth-order valence-electron chi connectivity index (χ4n) is 1.52. The van der Waals surface area contributed by atoms with Gasteiger partial charge in [0.1, 0.15) is 0 Å². The Morgan fingerprint density at radius 3 is 2.23 bits per heavy atom. The van der Waals surface area contributed by atoms with Crippen LogP contribution in [0, 0.1) is 0 Å². The lowest BCUT2D eigenvalue weighted by molar-refractivity contribution is 0.675. The normalized spacial score (nSPS) is 13.6. The summed E-state index contributed by atoms with van der Waals surface area (Å²) in [6.07, 6.45) is 2.61. The summed E-state index contributed by atoms with van der Waals surface area (Å²) >= 11 is 1.99. The minimum atomic E-state index is 0.688. The molecule has 1 aromatic rings. The Morgan fingerprint density at radius 1 is 1.15 bits per heavy atom. The summed E-state index contributed by atoms with van der Waals surface area (Å²) in [4.78, 5) is 3.09. The minimum Gasteiger partial charge on any atom is -0.145 e. The second-order valence-corrected chi connectivity index (χ2v) is 5.23. The van der Waals surface area contributed by atoms with E-state index >= 15 is 0 Å². The quantitative estimate of drug-likeness (QED) is 0.650. The van der Waals surface area contributed by atoms with Crippen LogP contribution < -0.4 is 0 Å². The van der Waals surface area contributed by atoms with Gasteiger partial charge in [-0.15, -0.1) is 11.3 Å². The maximum atomic E-state index is 2.33. The molecule has 1 aromatic heterocycles. The first kappa shape index (κ1) is 10.8. The summed E-state index contributed by atoms with van der Waals surface area (Å²) in [5.41, 5.74) is 0. The van der Waals surface area contributed by atoms with Crippen molar-refractivity contribution in [2.24, 2.45) is 0 Å². The zero-order valence-electron chi connectivity index (χ0n) is 9.13. The molecular weight excluding hydrogens is 176 g/mol. The lowest BCUT2D eigenvalue weighted by Gasteiger charge is -2.06. The lowest BCUT2D eigenvalue weighted by atomic mass is 10.0. The van der Waals surface area contributed by atoms with E-state index in [-0.39, 0.29) is 0 Å². The van der Waals surface area contributed by atoms with Crippen LogP contribution in [0.5, 0.6) is 0 Å². The van der Waals surface area contributed by atoms with Gasteiger partial charge in [0.2, 0.25) is 0 Å². The molecule has 0 bridgehead atoms. The van der Waals surface area contributed by atoms with Gasteiger partial charge in [-0.25, -0.2) is 0 Å². The fourth-order valence-corrected chi connectivity index (χ4v) is 2.62. The summed E-state index contributed by atoms with van der Waals surface area (Å²) in [7, 11) is 0. The van der Waals surface area contributed by atoms with Gasteiger partial charge in [-0.05, 0) is 30.4 Å². The molecular formula is C12H20S. The second-order valence-electron chi connectivity index (χ2n) is 4.08. The molecule has 0 radical (unpaired) electrons. The maximum Gasteiger partial charge on any atom is 0.00764 e. The van der Waals surface area contributed by atoms with Gasteiger partial charge in [0, 0.05) is 9.75 Å². The van der Waals surface area contributed by atoms with Crippen LogP contribution in [0.15, 0.2) is 12.1 Å². The van der Waals surface area contributed by atoms with Gasteiger partial charge < -0.3 is 0 Å². The van der Waals surface area contributed by atoms with E-state index in [0.717, 1.165) is 5.92 Å². The fraction of sp³-hybridized carbons (Fsp3) is 0.667. The van der Waals surface area contributed by atoms with Crippen molar-refractivity contribution in [2.45, 2.75) is 52.4 Å². The Balaban J connectivity index is 2.67. The molecule has 1 atom stereocenters. The molecule has 0 aromatic carbocycles. The van der Waals surface area contributed by atoms with Crippen LogP contribution in [0.3, 0.4) is 0 Å².